The molecule has 0 saturated heterocycles. The molecule has 0 fully saturated rings. The molecule has 0 N–H and O–H groups in total. The molecule has 1 aliphatic rings. The average Bonchev–Trinajstić information content (AvgIpc) is 3.00. The van der Waals surface area contributed by atoms with Gasteiger partial charge >= 0.3 is 0 Å². The molecule has 4 nitrogen and oxygen atoms in total. The molecule has 4 rings (SSSR count). The third-order valence-corrected chi connectivity index (χ3v) is 4.44. The molecule has 1 aliphatic heterocycles. The van der Waals surface area contributed by atoms with Crippen molar-refractivity contribution in [2.75, 3.05) is 0 Å². The van der Waals surface area contributed by atoms with Gasteiger partial charge in [-0.3, -0.25) is 9.36 Å². The normalized spacial score (nSPS) is 16.4. The van der Waals surface area contributed by atoms with Crippen molar-refractivity contribution in [3.8, 4) is 11.4 Å². The maximum absolute atomic E-state index is 13.1. The molecule has 1 aromatic carbocycles. The zero-order chi connectivity index (χ0) is 16.7. The van der Waals surface area contributed by atoms with Crippen LogP contribution in [0.5, 0.6) is 5.75 Å². The summed E-state index contributed by atoms with van der Waals surface area (Å²) < 4.78 is 7.85. The van der Waals surface area contributed by atoms with Crippen LogP contribution in [0.25, 0.3) is 16.7 Å². The van der Waals surface area contributed by atoms with Crippen LogP contribution in [0.15, 0.2) is 53.5 Å². The molecule has 122 valence electrons. The summed E-state index contributed by atoms with van der Waals surface area (Å²) in [4.78, 5) is 17.6. The van der Waals surface area contributed by atoms with Gasteiger partial charge in [0.05, 0.1) is 16.6 Å². The van der Waals surface area contributed by atoms with E-state index in [2.05, 4.69) is 18.8 Å². The molecule has 24 heavy (non-hydrogen) atoms. The molecular formula is C20H20N2O2. The second-order valence-corrected chi connectivity index (χ2v) is 6.73. The molecule has 1 unspecified atom stereocenters. The van der Waals surface area contributed by atoms with Gasteiger partial charge in [0.1, 0.15) is 11.9 Å². The first-order chi connectivity index (χ1) is 11.6. The second-order valence-electron chi connectivity index (χ2n) is 6.73. The van der Waals surface area contributed by atoms with Gasteiger partial charge in [-0.05, 0) is 36.6 Å². The highest BCUT2D eigenvalue weighted by Gasteiger charge is 2.30. The molecule has 1 atom stereocenters. The number of pyridine rings is 2. The van der Waals surface area contributed by atoms with E-state index >= 15 is 0 Å². The predicted molar refractivity (Wildman–Crippen MR) is 94.9 cm³/mol. The summed E-state index contributed by atoms with van der Waals surface area (Å²) in [6.07, 6.45) is 3.40. The van der Waals surface area contributed by atoms with Gasteiger partial charge in [0.2, 0.25) is 0 Å². The van der Waals surface area contributed by atoms with Crippen molar-refractivity contribution >= 4 is 11.0 Å². The number of para-hydroxylation sites is 1. The summed E-state index contributed by atoms with van der Waals surface area (Å²) in [5.74, 6) is 1.26. The lowest BCUT2D eigenvalue weighted by atomic mass is 10.0. The minimum Gasteiger partial charge on any atom is -0.489 e. The largest absolute Gasteiger partial charge is 0.489 e. The minimum atomic E-state index is -0.0198. The predicted octanol–water partition coefficient (Wildman–Crippen LogP) is 3.74. The van der Waals surface area contributed by atoms with Crippen LogP contribution in [0, 0.1) is 5.92 Å². The third kappa shape index (κ3) is 2.39. The summed E-state index contributed by atoms with van der Waals surface area (Å²) in [6, 6.07) is 13.6. The van der Waals surface area contributed by atoms with E-state index in [-0.39, 0.29) is 11.7 Å². The number of ether oxygens (including phenoxy) is 1. The first kappa shape index (κ1) is 14.9. The first-order valence-corrected chi connectivity index (χ1v) is 8.40. The summed E-state index contributed by atoms with van der Waals surface area (Å²) >= 11 is 0. The van der Waals surface area contributed by atoms with E-state index < -0.39 is 0 Å². The minimum absolute atomic E-state index is 0.0198. The van der Waals surface area contributed by atoms with Crippen LogP contribution in [-0.2, 0) is 6.42 Å². The van der Waals surface area contributed by atoms with Gasteiger partial charge in [0, 0.05) is 12.6 Å². The summed E-state index contributed by atoms with van der Waals surface area (Å²) in [5, 5.41) is 0.905. The van der Waals surface area contributed by atoms with Crippen LogP contribution >= 0.6 is 0 Å². The van der Waals surface area contributed by atoms with Crippen molar-refractivity contribution in [1.82, 2.24) is 9.55 Å². The Balaban J connectivity index is 1.96. The number of benzene rings is 1. The van der Waals surface area contributed by atoms with Crippen molar-refractivity contribution in [1.29, 1.82) is 0 Å². The van der Waals surface area contributed by atoms with Crippen LogP contribution in [-0.4, -0.2) is 15.7 Å². The number of hydrogen-bond acceptors (Lipinski definition) is 3. The van der Waals surface area contributed by atoms with Crippen LogP contribution in [0.4, 0.5) is 0 Å². The van der Waals surface area contributed by atoms with Gasteiger partial charge in [0.15, 0.2) is 5.65 Å². The summed E-state index contributed by atoms with van der Waals surface area (Å²) in [7, 11) is 0. The molecule has 0 bridgehead atoms. The number of fused-ring (bicyclic) bond motifs is 3. The Morgan fingerprint density at radius 2 is 2.00 bits per heavy atom. The Morgan fingerprint density at radius 3 is 2.75 bits per heavy atom. The number of rotatable bonds is 3. The highest BCUT2D eigenvalue weighted by atomic mass is 16.5. The van der Waals surface area contributed by atoms with Crippen LogP contribution < -0.4 is 10.3 Å². The molecule has 0 amide bonds. The number of aromatic nitrogens is 2. The first-order valence-electron chi connectivity index (χ1n) is 8.40. The van der Waals surface area contributed by atoms with Gasteiger partial charge in [0.25, 0.3) is 5.56 Å². The zero-order valence-electron chi connectivity index (χ0n) is 13.9. The van der Waals surface area contributed by atoms with E-state index in [1.165, 1.54) is 0 Å². The van der Waals surface area contributed by atoms with Crippen molar-refractivity contribution in [3.05, 3.63) is 64.6 Å². The molecule has 3 heterocycles. The third-order valence-electron chi connectivity index (χ3n) is 4.44. The van der Waals surface area contributed by atoms with Gasteiger partial charge in [-0.15, -0.1) is 0 Å². The quantitative estimate of drug-likeness (QED) is 0.738. The highest BCUT2D eigenvalue weighted by Crippen LogP contribution is 2.35. The van der Waals surface area contributed by atoms with E-state index in [1.807, 2.05) is 42.5 Å². The molecule has 0 spiro atoms. The standard InChI is InChI=1S/C20H20N2O2/c1-13(2)11-15-12-17-18(24-15)16-9-6-10-21-19(16)22(20(17)23)14-7-4-3-5-8-14/h3-10,13,15H,11-12H2,1-2H3. The Labute approximate surface area is 140 Å². The maximum atomic E-state index is 13.1. The zero-order valence-corrected chi connectivity index (χ0v) is 13.9. The van der Waals surface area contributed by atoms with Gasteiger partial charge in [-0.2, -0.15) is 0 Å². The van der Waals surface area contributed by atoms with E-state index in [4.69, 9.17) is 4.74 Å². The van der Waals surface area contributed by atoms with Crippen LogP contribution in [0.3, 0.4) is 0 Å². The number of nitrogens with zero attached hydrogens (tertiary/aromatic N) is 2. The lowest BCUT2D eigenvalue weighted by molar-refractivity contribution is 0.204. The Kier molecular flexibility index (Phi) is 3.60. The SMILES string of the molecule is CC(C)CC1Cc2c(c3cccnc3n(-c3ccccc3)c2=O)O1. The molecule has 4 heteroatoms. The molecule has 0 saturated carbocycles. The lowest BCUT2D eigenvalue weighted by Gasteiger charge is -2.14. The van der Waals surface area contributed by atoms with Gasteiger partial charge in [-0.1, -0.05) is 32.0 Å². The van der Waals surface area contributed by atoms with E-state index in [9.17, 15) is 4.79 Å². The molecule has 0 radical (unpaired) electrons. The Bertz CT molecular complexity index is 945. The fourth-order valence-corrected chi connectivity index (χ4v) is 3.47. The topological polar surface area (TPSA) is 44.1 Å². The highest BCUT2D eigenvalue weighted by molar-refractivity contribution is 5.85. The van der Waals surface area contributed by atoms with E-state index in [0.29, 0.717) is 18.0 Å². The maximum Gasteiger partial charge on any atom is 0.263 e. The fraction of sp³-hybridized carbons (Fsp3) is 0.300. The van der Waals surface area contributed by atoms with Crippen molar-refractivity contribution in [2.45, 2.75) is 32.8 Å². The van der Waals surface area contributed by atoms with Gasteiger partial charge < -0.3 is 4.74 Å². The van der Waals surface area contributed by atoms with Crippen molar-refractivity contribution in [3.63, 3.8) is 0 Å². The molecular weight excluding hydrogens is 300 g/mol. The van der Waals surface area contributed by atoms with Crippen LogP contribution in [0.2, 0.25) is 0 Å². The summed E-state index contributed by atoms with van der Waals surface area (Å²) in [5.41, 5.74) is 2.23. The lowest BCUT2D eigenvalue weighted by Crippen LogP contribution is -2.23. The van der Waals surface area contributed by atoms with E-state index in [1.54, 1.807) is 10.8 Å². The smallest absolute Gasteiger partial charge is 0.263 e. The van der Waals surface area contributed by atoms with Crippen molar-refractivity contribution < 1.29 is 4.74 Å². The second kappa shape index (κ2) is 5.78. The monoisotopic (exact) mass is 320 g/mol. The van der Waals surface area contributed by atoms with Crippen molar-refractivity contribution in [2.24, 2.45) is 5.92 Å². The Hall–Kier alpha value is -2.62. The number of hydrogen-bond donors (Lipinski definition) is 0. The summed E-state index contributed by atoms with van der Waals surface area (Å²) in [6.45, 7) is 4.35. The average molecular weight is 320 g/mol. The van der Waals surface area contributed by atoms with Gasteiger partial charge in [-0.25, -0.2) is 4.98 Å². The van der Waals surface area contributed by atoms with Crippen LogP contribution in [0.1, 0.15) is 25.8 Å². The Morgan fingerprint density at radius 1 is 1.21 bits per heavy atom. The molecule has 3 aromatic rings. The molecule has 0 aliphatic carbocycles. The fourth-order valence-electron chi connectivity index (χ4n) is 3.47. The molecule has 2 aromatic heterocycles. The van der Waals surface area contributed by atoms with E-state index in [0.717, 1.165) is 28.8 Å².